The van der Waals surface area contributed by atoms with Gasteiger partial charge in [-0.05, 0) is 31.7 Å². The molecule has 2 aliphatic rings. The fourth-order valence-electron chi connectivity index (χ4n) is 4.18. The highest BCUT2D eigenvalue weighted by molar-refractivity contribution is 7.09. The minimum atomic E-state index is -0.711. The normalized spacial score (nSPS) is 17.6. The lowest BCUT2D eigenvalue weighted by Gasteiger charge is -2.19. The fraction of sp³-hybridized carbons (Fsp3) is 0.455. The van der Waals surface area contributed by atoms with Gasteiger partial charge in [0.15, 0.2) is 0 Å². The number of benzene rings is 1. The van der Waals surface area contributed by atoms with Crippen LogP contribution in [0.1, 0.15) is 42.7 Å². The Hall–Kier alpha value is -2.74. The standard InChI is InChI=1S/C22H26N4O3S/c1-15-24-18(14-30-15)17-6-4-16(5-7-17)8-12-23-19(27)9-13-26-20(28)22(25-21(26)29)10-2-3-11-22/h4-7,14H,2-3,8-13H2,1H3,(H,23,27)(H,25,29). The van der Waals surface area contributed by atoms with Gasteiger partial charge in [-0.3, -0.25) is 14.5 Å². The van der Waals surface area contributed by atoms with Crippen LogP contribution < -0.4 is 10.6 Å². The van der Waals surface area contributed by atoms with Crippen molar-refractivity contribution in [3.8, 4) is 11.3 Å². The molecular formula is C22H26N4O3S. The van der Waals surface area contributed by atoms with Crippen LogP contribution in [-0.4, -0.2) is 46.4 Å². The molecule has 1 aliphatic heterocycles. The molecule has 2 fully saturated rings. The first-order chi connectivity index (χ1) is 14.5. The summed E-state index contributed by atoms with van der Waals surface area (Å²) in [5, 5.41) is 8.80. The maximum Gasteiger partial charge on any atom is 0.325 e. The SMILES string of the molecule is Cc1nc(-c2ccc(CCNC(=O)CCN3C(=O)NC4(CCCC4)C3=O)cc2)cs1. The number of urea groups is 1. The largest absolute Gasteiger partial charge is 0.356 e. The first-order valence-electron chi connectivity index (χ1n) is 10.4. The van der Waals surface area contributed by atoms with Gasteiger partial charge < -0.3 is 10.6 Å². The van der Waals surface area contributed by atoms with Gasteiger partial charge in [0.1, 0.15) is 5.54 Å². The van der Waals surface area contributed by atoms with Gasteiger partial charge in [0.25, 0.3) is 5.91 Å². The van der Waals surface area contributed by atoms with Crippen molar-refractivity contribution in [3.63, 3.8) is 0 Å². The molecule has 0 bridgehead atoms. The van der Waals surface area contributed by atoms with Crippen molar-refractivity contribution in [2.75, 3.05) is 13.1 Å². The molecule has 2 N–H and O–H groups in total. The monoisotopic (exact) mass is 426 g/mol. The second kappa shape index (κ2) is 8.55. The molecule has 0 unspecified atom stereocenters. The third kappa shape index (κ3) is 4.23. The summed E-state index contributed by atoms with van der Waals surface area (Å²) in [7, 11) is 0. The van der Waals surface area contributed by atoms with Gasteiger partial charge in [-0.1, -0.05) is 37.1 Å². The summed E-state index contributed by atoms with van der Waals surface area (Å²) >= 11 is 1.63. The van der Waals surface area contributed by atoms with Crippen molar-refractivity contribution in [2.24, 2.45) is 0 Å². The minimum Gasteiger partial charge on any atom is -0.356 e. The molecule has 30 heavy (non-hydrogen) atoms. The number of imide groups is 1. The van der Waals surface area contributed by atoms with Gasteiger partial charge in [-0.25, -0.2) is 9.78 Å². The van der Waals surface area contributed by atoms with Crippen LogP contribution in [0.25, 0.3) is 11.3 Å². The van der Waals surface area contributed by atoms with E-state index >= 15 is 0 Å². The van der Waals surface area contributed by atoms with E-state index in [1.807, 2.05) is 36.6 Å². The lowest BCUT2D eigenvalue weighted by atomic mass is 9.98. The number of aryl methyl sites for hydroxylation is 1. The van der Waals surface area contributed by atoms with Crippen LogP contribution in [0, 0.1) is 6.92 Å². The topological polar surface area (TPSA) is 91.4 Å². The first-order valence-corrected chi connectivity index (χ1v) is 11.3. The van der Waals surface area contributed by atoms with Crippen molar-refractivity contribution in [2.45, 2.75) is 51.0 Å². The highest BCUT2D eigenvalue weighted by Crippen LogP contribution is 2.35. The van der Waals surface area contributed by atoms with Crippen LogP contribution in [-0.2, 0) is 16.0 Å². The lowest BCUT2D eigenvalue weighted by molar-refractivity contribution is -0.131. The lowest BCUT2D eigenvalue weighted by Crippen LogP contribution is -2.44. The Labute approximate surface area is 179 Å². The van der Waals surface area contributed by atoms with Crippen molar-refractivity contribution in [1.82, 2.24) is 20.5 Å². The quantitative estimate of drug-likeness (QED) is 0.666. The van der Waals surface area contributed by atoms with Crippen LogP contribution in [0.2, 0.25) is 0 Å². The zero-order valence-electron chi connectivity index (χ0n) is 17.1. The molecule has 1 saturated carbocycles. The number of rotatable bonds is 7. The smallest absolute Gasteiger partial charge is 0.325 e. The average molecular weight is 427 g/mol. The number of carbonyl (C=O) groups is 3. The Bertz CT molecular complexity index is 948. The molecule has 1 aliphatic carbocycles. The van der Waals surface area contributed by atoms with Gasteiger partial charge in [-0.15, -0.1) is 11.3 Å². The summed E-state index contributed by atoms with van der Waals surface area (Å²) in [5.74, 6) is -0.328. The van der Waals surface area contributed by atoms with Crippen molar-refractivity contribution in [1.29, 1.82) is 0 Å². The number of hydrogen-bond acceptors (Lipinski definition) is 5. The van der Waals surface area contributed by atoms with Crippen LogP contribution in [0.4, 0.5) is 4.79 Å². The average Bonchev–Trinajstić information content (AvgIpc) is 3.43. The Morgan fingerprint density at radius 2 is 1.97 bits per heavy atom. The van der Waals surface area contributed by atoms with Crippen LogP contribution in [0.15, 0.2) is 29.6 Å². The van der Waals surface area contributed by atoms with Crippen LogP contribution >= 0.6 is 11.3 Å². The Kier molecular flexibility index (Phi) is 5.85. The molecular weight excluding hydrogens is 400 g/mol. The van der Waals surface area contributed by atoms with Gasteiger partial charge in [0.05, 0.1) is 10.7 Å². The van der Waals surface area contributed by atoms with Gasteiger partial charge in [-0.2, -0.15) is 0 Å². The first kappa shape index (κ1) is 20.5. The van der Waals surface area contributed by atoms with E-state index in [0.29, 0.717) is 25.8 Å². The predicted octanol–water partition coefficient (Wildman–Crippen LogP) is 3.03. The predicted molar refractivity (Wildman–Crippen MR) is 115 cm³/mol. The number of thiazole rings is 1. The second-order valence-electron chi connectivity index (χ2n) is 7.97. The number of aromatic nitrogens is 1. The molecule has 7 nitrogen and oxygen atoms in total. The van der Waals surface area contributed by atoms with Gasteiger partial charge in [0.2, 0.25) is 5.91 Å². The molecule has 4 rings (SSSR count). The molecule has 1 spiro atoms. The van der Waals surface area contributed by atoms with Crippen LogP contribution in [0.3, 0.4) is 0 Å². The van der Waals surface area contributed by atoms with E-state index in [2.05, 4.69) is 15.6 Å². The molecule has 1 saturated heterocycles. The zero-order chi connectivity index (χ0) is 21.1. The van der Waals surface area contributed by atoms with E-state index in [0.717, 1.165) is 34.7 Å². The van der Waals surface area contributed by atoms with E-state index in [9.17, 15) is 14.4 Å². The van der Waals surface area contributed by atoms with Crippen molar-refractivity contribution in [3.05, 3.63) is 40.2 Å². The second-order valence-corrected chi connectivity index (χ2v) is 9.04. The summed E-state index contributed by atoms with van der Waals surface area (Å²) in [6.07, 6.45) is 4.13. The number of nitrogens with zero attached hydrogens (tertiary/aromatic N) is 2. The van der Waals surface area contributed by atoms with Crippen molar-refractivity contribution < 1.29 is 14.4 Å². The number of nitrogens with one attached hydrogen (secondary N) is 2. The minimum absolute atomic E-state index is 0.122. The molecule has 2 aromatic rings. The number of amides is 4. The van der Waals surface area contributed by atoms with E-state index < -0.39 is 5.54 Å². The maximum absolute atomic E-state index is 12.6. The Morgan fingerprint density at radius 3 is 2.63 bits per heavy atom. The third-order valence-corrected chi connectivity index (χ3v) is 6.64. The molecule has 0 atom stereocenters. The van der Waals surface area contributed by atoms with E-state index in [4.69, 9.17) is 0 Å². The highest BCUT2D eigenvalue weighted by Gasteiger charge is 2.52. The summed E-state index contributed by atoms with van der Waals surface area (Å²) in [6, 6.07) is 7.81. The number of hydrogen-bond donors (Lipinski definition) is 2. The highest BCUT2D eigenvalue weighted by atomic mass is 32.1. The summed E-state index contributed by atoms with van der Waals surface area (Å²) in [4.78, 5) is 42.6. The summed E-state index contributed by atoms with van der Waals surface area (Å²) < 4.78 is 0. The third-order valence-electron chi connectivity index (χ3n) is 5.87. The molecule has 158 valence electrons. The van der Waals surface area contributed by atoms with E-state index in [-0.39, 0.29) is 30.8 Å². The zero-order valence-corrected chi connectivity index (χ0v) is 17.9. The molecule has 1 aromatic carbocycles. The number of carbonyl (C=O) groups excluding carboxylic acids is 3. The van der Waals surface area contributed by atoms with E-state index in [1.165, 1.54) is 4.90 Å². The fourth-order valence-corrected chi connectivity index (χ4v) is 4.80. The summed E-state index contributed by atoms with van der Waals surface area (Å²) in [5.41, 5.74) is 2.48. The summed E-state index contributed by atoms with van der Waals surface area (Å²) in [6.45, 7) is 2.63. The Balaban J connectivity index is 1.21. The molecule has 8 heteroatoms. The molecule has 1 aromatic heterocycles. The maximum atomic E-state index is 12.6. The van der Waals surface area contributed by atoms with Gasteiger partial charge in [0, 0.05) is 30.5 Å². The van der Waals surface area contributed by atoms with Crippen molar-refractivity contribution >= 4 is 29.2 Å². The molecule has 0 radical (unpaired) electrons. The molecule has 4 amide bonds. The van der Waals surface area contributed by atoms with Gasteiger partial charge >= 0.3 is 6.03 Å². The van der Waals surface area contributed by atoms with Crippen LogP contribution in [0.5, 0.6) is 0 Å². The van der Waals surface area contributed by atoms with E-state index in [1.54, 1.807) is 11.3 Å². The Morgan fingerprint density at radius 1 is 1.23 bits per heavy atom. The molecule has 2 heterocycles.